The Morgan fingerprint density at radius 2 is 2.06 bits per heavy atom. The topological polar surface area (TPSA) is 100 Å². The van der Waals surface area contributed by atoms with Crippen molar-refractivity contribution < 1.29 is 41.8 Å². The highest BCUT2D eigenvalue weighted by atomic mass is 35.5. The van der Waals surface area contributed by atoms with Gasteiger partial charge in [0.05, 0.1) is 22.1 Å². The molecule has 31 heavy (non-hydrogen) atoms. The van der Waals surface area contributed by atoms with Gasteiger partial charge in [-0.1, -0.05) is 11.6 Å². The Bertz CT molecular complexity index is 1060. The predicted octanol–water partition coefficient (Wildman–Crippen LogP) is 4.73. The number of nitro groups is 1. The molecule has 2 aliphatic heterocycles. The number of carbonyl (C=O) groups is 1. The molecule has 2 heterocycles. The van der Waals surface area contributed by atoms with Crippen molar-refractivity contribution in [3.05, 3.63) is 62.7 Å². The van der Waals surface area contributed by atoms with E-state index < -0.39 is 39.7 Å². The van der Waals surface area contributed by atoms with E-state index in [-0.39, 0.29) is 29.2 Å². The van der Waals surface area contributed by atoms with Crippen LogP contribution in [0.1, 0.15) is 22.3 Å². The number of alkyl halides is 3. The Morgan fingerprint density at radius 3 is 2.65 bits per heavy atom. The molecule has 0 radical (unpaired) electrons. The number of halogens is 4. The van der Waals surface area contributed by atoms with E-state index in [0.29, 0.717) is 19.1 Å². The minimum atomic E-state index is -4.58. The molecule has 2 aliphatic rings. The van der Waals surface area contributed by atoms with Gasteiger partial charge in [-0.15, -0.1) is 0 Å². The minimum absolute atomic E-state index is 0.0602. The number of fused-ring (bicyclic) bond motifs is 1. The summed E-state index contributed by atoms with van der Waals surface area (Å²) in [7, 11) is 0. The molecule has 0 amide bonds. The average molecular weight is 460 g/mol. The molecule has 2 aromatic carbocycles. The smallest absolute Gasteiger partial charge is 0.416 e. The van der Waals surface area contributed by atoms with Gasteiger partial charge in [-0.05, 0) is 24.3 Å². The highest BCUT2D eigenvalue weighted by Gasteiger charge is 2.62. The maximum atomic E-state index is 12.8. The Balaban J connectivity index is 1.54. The van der Waals surface area contributed by atoms with Crippen LogP contribution in [-0.4, -0.2) is 36.0 Å². The van der Waals surface area contributed by atoms with Gasteiger partial charge in [0.15, 0.2) is 0 Å². The van der Waals surface area contributed by atoms with Crippen molar-refractivity contribution in [1.29, 1.82) is 0 Å². The first kappa shape index (κ1) is 21.3. The molecule has 0 saturated carbocycles. The quantitative estimate of drug-likeness (QED) is 0.266. The summed E-state index contributed by atoms with van der Waals surface area (Å²) in [5.41, 5.74) is -1.90. The molecule has 0 aliphatic carbocycles. The third kappa shape index (κ3) is 4.29. The molecule has 0 bridgehead atoms. The average Bonchev–Trinajstić information content (AvgIpc) is 3.25. The molecule has 12 heteroatoms. The molecule has 2 saturated heterocycles. The number of nitrogens with zero attached hydrogens (tertiary/aromatic N) is 1. The molecular formula is C19H13ClF3NO7. The molecule has 0 N–H and O–H groups in total. The number of hydrogen-bond donors (Lipinski definition) is 0. The number of benzene rings is 2. The van der Waals surface area contributed by atoms with E-state index in [0.717, 1.165) is 24.3 Å². The zero-order chi connectivity index (χ0) is 22.4. The summed E-state index contributed by atoms with van der Waals surface area (Å²) >= 11 is 5.86. The zero-order valence-electron chi connectivity index (χ0n) is 15.5. The summed E-state index contributed by atoms with van der Waals surface area (Å²) in [6.07, 6.45) is -4.10. The maximum Gasteiger partial charge on any atom is 0.416 e. The van der Waals surface area contributed by atoms with Crippen LogP contribution >= 0.6 is 11.6 Å². The second-order valence-electron chi connectivity index (χ2n) is 6.81. The molecular weight excluding hydrogens is 447 g/mol. The number of rotatable bonds is 6. The van der Waals surface area contributed by atoms with Crippen molar-refractivity contribution in [3.8, 4) is 11.5 Å². The molecule has 2 aromatic rings. The summed E-state index contributed by atoms with van der Waals surface area (Å²) in [6, 6.07) is 5.71. The van der Waals surface area contributed by atoms with Gasteiger partial charge < -0.3 is 18.9 Å². The van der Waals surface area contributed by atoms with Crippen LogP contribution in [0.15, 0.2) is 36.4 Å². The first-order chi connectivity index (χ1) is 14.6. The van der Waals surface area contributed by atoms with Crippen molar-refractivity contribution in [2.24, 2.45) is 0 Å². The standard InChI is InChI=1S/C19H13ClF3NO7/c20-13-7-10(19(21,22)23)1-4-15(13)30-11-2-3-14(24(26)27)12(8-11)17(25)28-9-18-16(31-18)5-6-29-18/h1-4,7-8,16H,5-6,9H2. The lowest BCUT2D eigenvalue weighted by Gasteiger charge is -2.13. The Labute approximate surface area is 177 Å². The number of esters is 1. The largest absolute Gasteiger partial charge is 0.456 e. The molecule has 8 nitrogen and oxygen atoms in total. The second kappa shape index (κ2) is 7.66. The van der Waals surface area contributed by atoms with Gasteiger partial charge in [0.2, 0.25) is 5.79 Å². The Kier molecular flexibility index (Phi) is 5.28. The molecule has 2 atom stereocenters. The third-order valence-electron chi connectivity index (χ3n) is 4.78. The normalized spacial score (nSPS) is 22.0. The van der Waals surface area contributed by atoms with Crippen LogP contribution in [0.3, 0.4) is 0 Å². The van der Waals surface area contributed by atoms with Crippen LogP contribution in [0, 0.1) is 10.1 Å². The van der Waals surface area contributed by atoms with Crippen LogP contribution in [0.25, 0.3) is 0 Å². The Hall–Kier alpha value is -2.89. The summed E-state index contributed by atoms with van der Waals surface area (Å²) in [5, 5.41) is 11.0. The number of ether oxygens (including phenoxy) is 4. The van der Waals surface area contributed by atoms with Crippen LogP contribution < -0.4 is 4.74 Å². The van der Waals surface area contributed by atoms with Crippen molar-refractivity contribution in [2.45, 2.75) is 24.5 Å². The molecule has 2 unspecified atom stereocenters. The fraction of sp³-hybridized carbons (Fsp3) is 0.316. The SMILES string of the molecule is O=C(OCC12OCCC1O2)c1cc(Oc2ccc(C(F)(F)F)cc2Cl)ccc1[N+](=O)[O-]. The van der Waals surface area contributed by atoms with E-state index in [4.69, 9.17) is 30.5 Å². The lowest BCUT2D eigenvalue weighted by atomic mass is 10.1. The zero-order valence-corrected chi connectivity index (χ0v) is 16.2. The summed E-state index contributed by atoms with van der Waals surface area (Å²) in [4.78, 5) is 23.0. The highest BCUT2D eigenvalue weighted by molar-refractivity contribution is 6.32. The first-order valence-corrected chi connectivity index (χ1v) is 9.29. The third-order valence-corrected chi connectivity index (χ3v) is 5.07. The summed E-state index contributed by atoms with van der Waals surface area (Å²) in [6.45, 7) is 0.225. The lowest BCUT2D eigenvalue weighted by Crippen LogP contribution is -2.24. The van der Waals surface area contributed by atoms with Gasteiger partial charge in [-0.25, -0.2) is 4.79 Å². The minimum Gasteiger partial charge on any atom is -0.456 e. The van der Waals surface area contributed by atoms with Crippen molar-refractivity contribution >= 4 is 23.3 Å². The molecule has 2 fully saturated rings. The second-order valence-corrected chi connectivity index (χ2v) is 7.22. The van der Waals surface area contributed by atoms with Gasteiger partial charge in [-0.2, -0.15) is 13.2 Å². The van der Waals surface area contributed by atoms with E-state index in [9.17, 15) is 28.1 Å². The van der Waals surface area contributed by atoms with Gasteiger partial charge in [0.1, 0.15) is 29.8 Å². The van der Waals surface area contributed by atoms with E-state index in [1.54, 1.807) is 0 Å². The van der Waals surface area contributed by atoms with Gasteiger partial charge in [-0.3, -0.25) is 10.1 Å². The summed E-state index contributed by atoms with van der Waals surface area (Å²) < 4.78 is 59.5. The Morgan fingerprint density at radius 1 is 1.29 bits per heavy atom. The van der Waals surface area contributed by atoms with Crippen molar-refractivity contribution in [2.75, 3.05) is 13.2 Å². The molecule has 4 rings (SSSR count). The van der Waals surface area contributed by atoms with Crippen LogP contribution in [0.4, 0.5) is 18.9 Å². The number of nitro benzene ring substituents is 1. The first-order valence-electron chi connectivity index (χ1n) is 8.91. The van der Waals surface area contributed by atoms with Gasteiger partial charge >= 0.3 is 12.1 Å². The lowest BCUT2D eigenvalue weighted by molar-refractivity contribution is -0.385. The van der Waals surface area contributed by atoms with Crippen LogP contribution in [0.5, 0.6) is 11.5 Å². The van der Waals surface area contributed by atoms with E-state index in [1.165, 1.54) is 6.07 Å². The van der Waals surface area contributed by atoms with E-state index in [2.05, 4.69) is 0 Å². The maximum absolute atomic E-state index is 12.8. The molecule has 0 aromatic heterocycles. The number of epoxide rings is 1. The fourth-order valence-electron chi connectivity index (χ4n) is 3.15. The summed E-state index contributed by atoms with van der Waals surface area (Å²) in [5.74, 6) is -2.19. The number of carbonyl (C=O) groups excluding carboxylic acids is 1. The monoisotopic (exact) mass is 459 g/mol. The molecule has 164 valence electrons. The van der Waals surface area contributed by atoms with E-state index >= 15 is 0 Å². The van der Waals surface area contributed by atoms with Crippen LogP contribution in [-0.2, 0) is 20.4 Å². The van der Waals surface area contributed by atoms with Crippen molar-refractivity contribution in [1.82, 2.24) is 0 Å². The predicted molar refractivity (Wildman–Crippen MR) is 98.1 cm³/mol. The van der Waals surface area contributed by atoms with Gasteiger partial charge in [0.25, 0.3) is 5.69 Å². The number of hydrogen-bond acceptors (Lipinski definition) is 7. The van der Waals surface area contributed by atoms with E-state index in [1.807, 2.05) is 0 Å². The molecule has 0 spiro atoms. The van der Waals surface area contributed by atoms with Crippen LogP contribution in [0.2, 0.25) is 5.02 Å². The van der Waals surface area contributed by atoms with Gasteiger partial charge in [0, 0.05) is 18.6 Å². The fourth-order valence-corrected chi connectivity index (χ4v) is 3.37. The van der Waals surface area contributed by atoms with Crippen molar-refractivity contribution in [3.63, 3.8) is 0 Å². The highest BCUT2D eigenvalue weighted by Crippen LogP contribution is 2.45.